The van der Waals surface area contributed by atoms with Crippen LogP contribution in [0.3, 0.4) is 0 Å². The van der Waals surface area contributed by atoms with Crippen molar-refractivity contribution in [3.8, 4) is 0 Å². The van der Waals surface area contributed by atoms with Gasteiger partial charge in [-0.05, 0) is 18.1 Å². The molecule has 11 heteroatoms. The minimum atomic E-state index is -3.83. The molecule has 9 nitrogen and oxygen atoms in total. The Morgan fingerprint density at radius 1 is 1.34 bits per heavy atom. The van der Waals surface area contributed by atoms with E-state index < -0.39 is 48.7 Å². The van der Waals surface area contributed by atoms with Crippen LogP contribution in [0.5, 0.6) is 0 Å². The third-order valence-electron chi connectivity index (χ3n) is 4.47. The van der Waals surface area contributed by atoms with Gasteiger partial charge in [-0.3, -0.25) is 9.36 Å². The predicted octanol–water partition coefficient (Wildman–Crippen LogP) is -0.168. The summed E-state index contributed by atoms with van der Waals surface area (Å²) in [6.07, 6.45) is -4.82. The van der Waals surface area contributed by atoms with Crippen molar-refractivity contribution in [1.29, 1.82) is 0 Å². The minimum Gasteiger partial charge on any atom is -0.462 e. The lowest BCUT2D eigenvalue weighted by Crippen LogP contribution is -2.42. The zero-order chi connectivity index (χ0) is 21.2. The van der Waals surface area contributed by atoms with Crippen LogP contribution in [0.1, 0.15) is 11.8 Å². The van der Waals surface area contributed by atoms with Crippen LogP contribution in [-0.2, 0) is 20.7 Å². The van der Waals surface area contributed by atoms with Crippen LogP contribution in [0.2, 0.25) is 0 Å². The molecular weight excluding hydrogens is 390 g/mol. The van der Waals surface area contributed by atoms with Crippen molar-refractivity contribution in [2.24, 2.45) is 5.73 Å². The Hall–Kier alpha value is -2.89. The number of aliphatic hydroxyl groups excluding tert-OH is 1. The van der Waals surface area contributed by atoms with E-state index >= 15 is 0 Å². The standard InChI is InChI=1S/C18H20F2N4O5/c19-18(20)14(25)12(29-16(18)24-7-6-13(22)23-17(24)27)9-28-15(26)11(21)8-10-4-2-1-3-5-10/h1-7,11-12,14,16,25H,8-9,21H2,(H2,22,23,27)/t11-,12-,14-,16-/m1/s1. The monoisotopic (exact) mass is 410 g/mol. The highest BCUT2D eigenvalue weighted by molar-refractivity contribution is 5.75. The topological polar surface area (TPSA) is 143 Å². The molecule has 156 valence electrons. The lowest BCUT2D eigenvalue weighted by Gasteiger charge is -2.20. The van der Waals surface area contributed by atoms with Gasteiger partial charge in [0, 0.05) is 6.20 Å². The second-order valence-electron chi connectivity index (χ2n) is 6.61. The summed E-state index contributed by atoms with van der Waals surface area (Å²) in [7, 11) is 0. The maximum atomic E-state index is 14.4. The van der Waals surface area contributed by atoms with E-state index in [4.69, 9.17) is 20.9 Å². The van der Waals surface area contributed by atoms with Gasteiger partial charge in [0.05, 0.1) is 0 Å². The zero-order valence-corrected chi connectivity index (χ0v) is 15.2. The van der Waals surface area contributed by atoms with Crippen LogP contribution in [0.25, 0.3) is 0 Å². The predicted molar refractivity (Wildman–Crippen MR) is 96.9 cm³/mol. The fourth-order valence-corrected chi connectivity index (χ4v) is 2.93. The number of halogens is 2. The quantitative estimate of drug-likeness (QED) is 0.557. The number of aromatic nitrogens is 2. The summed E-state index contributed by atoms with van der Waals surface area (Å²) >= 11 is 0. The molecule has 2 aromatic rings. The van der Waals surface area contributed by atoms with Crippen molar-refractivity contribution >= 4 is 11.8 Å². The number of nitrogen functional groups attached to an aromatic ring is 1. The summed E-state index contributed by atoms with van der Waals surface area (Å²) in [6.45, 7) is -0.661. The number of nitrogens with zero attached hydrogens (tertiary/aromatic N) is 2. The highest BCUT2D eigenvalue weighted by Crippen LogP contribution is 2.42. The number of hydrogen-bond donors (Lipinski definition) is 3. The largest absolute Gasteiger partial charge is 0.462 e. The number of benzene rings is 1. The second-order valence-corrected chi connectivity index (χ2v) is 6.61. The fraction of sp³-hybridized carbons (Fsp3) is 0.389. The van der Waals surface area contributed by atoms with Crippen LogP contribution < -0.4 is 17.2 Å². The second kappa shape index (κ2) is 8.23. The maximum Gasteiger partial charge on any atom is 0.351 e. The van der Waals surface area contributed by atoms with E-state index in [1.807, 2.05) is 6.07 Å². The van der Waals surface area contributed by atoms with E-state index in [9.17, 15) is 23.5 Å². The van der Waals surface area contributed by atoms with Crippen molar-refractivity contribution < 1.29 is 28.2 Å². The number of nitrogens with two attached hydrogens (primary N) is 2. The highest BCUT2D eigenvalue weighted by Gasteiger charge is 2.60. The van der Waals surface area contributed by atoms with Gasteiger partial charge in [0.15, 0.2) is 6.10 Å². The van der Waals surface area contributed by atoms with E-state index in [0.717, 1.165) is 17.8 Å². The average Bonchev–Trinajstić information content (AvgIpc) is 2.90. The van der Waals surface area contributed by atoms with Gasteiger partial charge >= 0.3 is 17.6 Å². The number of alkyl halides is 2. The average molecular weight is 410 g/mol. The normalized spacial score (nSPS) is 24.2. The highest BCUT2D eigenvalue weighted by atomic mass is 19.3. The van der Waals surface area contributed by atoms with Crippen LogP contribution >= 0.6 is 0 Å². The van der Waals surface area contributed by atoms with E-state index in [2.05, 4.69) is 4.98 Å². The molecule has 0 radical (unpaired) electrons. The van der Waals surface area contributed by atoms with Gasteiger partial charge in [0.2, 0.25) is 6.23 Å². The molecule has 1 aliphatic rings. The van der Waals surface area contributed by atoms with Gasteiger partial charge in [0.25, 0.3) is 0 Å². The van der Waals surface area contributed by atoms with Crippen LogP contribution in [0.15, 0.2) is 47.4 Å². The van der Waals surface area contributed by atoms with Crippen molar-refractivity contribution in [3.05, 3.63) is 58.6 Å². The van der Waals surface area contributed by atoms with Gasteiger partial charge in [-0.15, -0.1) is 0 Å². The Balaban J connectivity index is 1.64. The molecule has 1 fully saturated rings. The first-order chi connectivity index (χ1) is 13.7. The minimum absolute atomic E-state index is 0.147. The summed E-state index contributed by atoms with van der Waals surface area (Å²) in [5, 5.41) is 9.92. The number of esters is 1. The molecule has 3 rings (SSSR count). The fourth-order valence-electron chi connectivity index (χ4n) is 2.93. The zero-order valence-electron chi connectivity index (χ0n) is 15.2. The first-order valence-corrected chi connectivity index (χ1v) is 8.72. The van der Waals surface area contributed by atoms with Crippen LogP contribution in [-0.4, -0.2) is 51.4 Å². The molecule has 0 bridgehead atoms. The van der Waals surface area contributed by atoms with Gasteiger partial charge in [-0.1, -0.05) is 30.3 Å². The van der Waals surface area contributed by atoms with E-state index in [1.165, 1.54) is 0 Å². The van der Waals surface area contributed by atoms with Crippen molar-refractivity contribution in [2.75, 3.05) is 12.3 Å². The SMILES string of the molecule is Nc1ccn([C@@H]2O[C@H](COC(=O)[C@H](N)Cc3ccccc3)[C@@H](O)C2(F)F)c(=O)n1. The van der Waals surface area contributed by atoms with Gasteiger partial charge in [-0.25, -0.2) is 4.79 Å². The van der Waals surface area contributed by atoms with Gasteiger partial charge in [-0.2, -0.15) is 13.8 Å². The first kappa shape index (κ1) is 20.8. The van der Waals surface area contributed by atoms with Crippen molar-refractivity contribution in [2.45, 2.75) is 36.8 Å². The summed E-state index contributed by atoms with van der Waals surface area (Å²) in [4.78, 5) is 27.3. The third-order valence-corrected chi connectivity index (χ3v) is 4.47. The molecule has 4 atom stereocenters. The molecule has 0 unspecified atom stereocenters. The molecule has 1 aromatic carbocycles. The number of rotatable bonds is 6. The Labute approximate surface area is 163 Å². The molecule has 0 spiro atoms. The Kier molecular flexibility index (Phi) is 5.91. The number of ether oxygens (including phenoxy) is 2. The lowest BCUT2D eigenvalue weighted by molar-refractivity contribution is -0.152. The Morgan fingerprint density at radius 3 is 2.69 bits per heavy atom. The Morgan fingerprint density at radius 2 is 2.03 bits per heavy atom. The molecule has 1 aromatic heterocycles. The van der Waals surface area contributed by atoms with Crippen LogP contribution in [0, 0.1) is 0 Å². The van der Waals surface area contributed by atoms with Gasteiger partial charge < -0.3 is 26.0 Å². The van der Waals surface area contributed by atoms with E-state index in [1.54, 1.807) is 24.3 Å². The molecule has 0 amide bonds. The molecular formula is C18H20F2N4O5. The molecule has 0 saturated carbocycles. The van der Waals surface area contributed by atoms with E-state index in [-0.39, 0.29) is 12.2 Å². The van der Waals surface area contributed by atoms with E-state index in [0.29, 0.717) is 4.57 Å². The molecule has 1 aliphatic heterocycles. The van der Waals surface area contributed by atoms with Gasteiger partial charge in [0.1, 0.15) is 24.6 Å². The third kappa shape index (κ3) is 4.42. The van der Waals surface area contributed by atoms with Crippen molar-refractivity contribution in [3.63, 3.8) is 0 Å². The molecule has 0 aliphatic carbocycles. The number of carbonyl (C=O) groups is 1. The maximum absolute atomic E-state index is 14.4. The lowest BCUT2D eigenvalue weighted by atomic mass is 10.1. The number of hydrogen-bond acceptors (Lipinski definition) is 8. The summed E-state index contributed by atoms with van der Waals surface area (Å²) < 4.78 is 39.4. The summed E-state index contributed by atoms with van der Waals surface area (Å²) in [6, 6.07) is 9.06. The van der Waals surface area contributed by atoms with Crippen LogP contribution in [0.4, 0.5) is 14.6 Å². The number of aliphatic hydroxyl groups is 1. The molecule has 5 N–H and O–H groups in total. The molecule has 1 saturated heterocycles. The van der Waals surface area contributed by atoms with Crippen molar-refractivity contribution in [1.82, 2.24) is 9.55 Å². The number of carbonyl (C=O) groups excluding carboxylic acids is 1. The summed E-state index contributed by atoms with van der Waals surface area (Å²) in [5.74, 6) is -4.81. The summed E-state index contributed by atoms with van der Waals surface area (Å²) in [5.41, 5.74) is 10.9. The first-order valence-electron chi connectivity index (χ1n) is 8.72. The molecule has 2 heterocycles. The molecule has 29 heavy (non-hydrogen) atoms. The number of anilines is 1. The smallest absolute Gasteiger partial charge is 0.351 e. The Bertz CT molecular complexity index is 924.